The molecule has 28 heavy (non-hydrogen) atoms. The van der Waals surface area contributed by atoms with Crippen LogP contribution in [0, 0.1) is 5.41 Å². The number of hydrogen-bond acceptors (Lipinski definition) is 3. The third-order valence-electron chi connectivity index (χ3n) is 4.84. The fourth-order valence-corrected chi connectivity index (χ4v) is 4.20. The second-order valence-electron chi connectivity index (χ2n) is 8.50. The van der Waals surface area contributed by atoms with Crippen molar-refractivity contribution >= 4 is 35.0 Å². The molecule has 1 aliphatic heterocycles. The Morgan fingerprint density at radius 1 is 1.07 bits per heavy atom. The summed E-state index contributed by atoms with van der Waals surface area (Å²) in [6.07, 6.45) is 0. The van der Waals surface area contributed by atoms with Gasteiger partial charge in [-0.05, 0) is 41.3 Å². The molecule has 0 saturated carbocycles. The summed E-state index contributed by atoms with van der Waals surface area (Å²) in [5.41, 5.74) is 3.57. The quantitative estimate of drug-likeness (QED) is 0.735. The van der Waals surface area contributed by atoms with Gasteiger partial charge in [-0.25, -0.2) is 0 Å². The number of carbonyl (C=O) groups excluding carboxylic acids is 2. The highest BCUT2D eigenvalue weighted by Gasteiger charge is 2.34. The number of nitrogens with zero attached hydrogens (tertiary/aromatic N) is 1. The SMILES string of the molecule is CC(C)c1ccc(N2C(=O)CSC2c2ccc(NC(=O)C(C)(C)C)cc2)cc1. The van der Waals surface area contributed by atoms with Crippen molar-refractivity contribution in [2.45, 2.75) is 45.9 Å². The van der Waals surface area contributed by atoms with Crippen LogP contribution in [0.3, 0.4) is 0 Å². The molecule has 0 radical (unpaired) electrons. The van der Waals surface area contributed by atoms with Crippen LogP contribution in [0.15, 0.2) is 48.5 Å². The topological polar surface area (TPSA) is 49.4 Å². The molecule has 2 aromatic carbocycles. The summed E-state index contributed by atoms with van der Waals surface area (Å²) in [7, 11) is 0. The monoisotopic (exact) mass is 396 g/mol. The van der Waals surface area contributed by atoms with E-state index in [2.05, 4.69) is 31.3 Å². The Morgan fingerprint density at radius 2 is 1.68 bits per heavy atom. The van der Waals surface area contributed by atoms with Gasteiger partial charge >= 0.3 is 0 Å². The minimum Gasteiger partial charge on any atom is -0.326 e. The third kappa shape index (κ3) is 4.41. The highest BCUT2D eigenvalue weighted by molar-refractivity contribution is 8.00. The Labute approximate surface area is 171 Å². The van der Waals surface area contributed by atoms with Gasteiger partial charge in [-0.2, -0.15) is 0 Å². The molecule has 1 aliphatic rings. The zero-order valence-corrected chi connectivity index (χ0v) is 18.0. The summed E-state index contributed by atoms with van der Waals surface area (Å²) in [5.74, 6) is 1.04. The van der Waals surface area contributed by atoms with Crippen LogP contribution in [0.2, 0.25) is 0 Å². The Bertz CT molecular complexity index is 852. The summed E-state index contributed by atoms with van der Waals surface area (Å²) >= 11 is 1.63. The molecule has 0 bridgehead atoms. The van der Waals surface area contributed by atoms with E-state index in [9.17, 15) is 9.59 Å². The van der Waals surface area contributed by atoms with Crippen molar-refractivity contribution in [1.29, 1.82) is 0 Å². The largest absolute Gasteiger partial charge is 0.326 e. The molecule has 148 valence electrons. The van der Waals surface area contributed by atoms with E-state index in [4.69, 9.17) is 0 Å². The number of amides is 2. The normalized spacial score (nSPS) is 17.3. The molecule has 1 fully saturated rings. The lowest BCUT2D eigenvalue weighted by atomic mass is 9.95. The number of thioether (sulfide) groups is 1. The minimum absolute atomic E-state index is 0.0162. The second-order valence-corrected chi connectivity index (χ2v) is 9.57. The first-order valence-corrected chi connectivity index (χ1v) is 10.7. The van der Waals surface area contributed by atoms with Crippen molar-refractivity contribution in [3.63, 3.8) is 0 Å². The van der Waals surface area contributed by atoms with Gasteiger partial charge in [0.25, 0.3) is 0 Å². The van der Waals surface area contributed by atoms with Crippen LogP contribution in [0.1, 0.15) is 57.0 Å². The van der Waals surface area contributed by atoms with Gasteiger partial charge in [0.15, 0.2) is 0 Å². The first kappa shape index (κ1) is 20.5. The number of rotatable bonds is 4. The van der Waals surface area contributed by atoms with E-state index >= 15 is 0 Å². The zero-order valence-electron chi connectivity index (χ0n) is 17.2. The molecule has 2 aromatic rings. The Hall–Kier alpha value is -2.27. The molecule has 0 aliphatic carbocycles. The van der Waals surface area contributed by atoms with Gasteiger partial charge in [0.2, 0.25) is 11.8 Å². The number of anilines is 2. The van der Waals surface area contributed by atoms with E-state index in [1.807, 2.05) is 62.1 Å². The van der Waals surface area contributed by atoms with Crippen LogP contribution in [-0.2, 0) is 9.59 Å². The van der Waals surface area contributed by atoms with E-state index in [0.29, 0.717) is 11.7 Å². The van der Waals surface area contributed by atoms with Gasteiger partial charge in [0.1, 0.15) is 5.37 Å². The van der Waals surface area contributed by atoms with Crippen molar-refractivity contribution in [1.82, 2.24) is 0 Å². The van der Waals surface area contributed by atoms with Gasteiger partial charge in [-0.3, -0.25) is 14.5 Å². The lowest BCUT2D eigenvalue weighted by Gasteiger charge is -2.25. The van der Waals surface area contributed by atoms with Crippen LogP contribution in [0.5, 0.6) is 0 Å². The van der Waals surface area contributed by atoms with Crippen molar-refractivity contribution in [3.8, 4) is 0 Å². The summed E-state index contributed by atoms with van der Waals surface area (Å²) in [6.45, 7) is 9.99. The van der Waals surface area contributed by atoms with E-state index in [1.165, 1.54) is 5.56 Å². The maximum atomic E-state index is 12.5. The molecule has 0 aromatic heterocycles. The van der Waals surface area contributed by atoms with E-state index in [1.54, 1.807) is 11.8 Å². The van der Waals surface area contributed by atoms with Gasteiger partial charge in [0, 0.05) is 16.8 Å². The first-order valence-electron chi connectivity index (χ1n) is 9.62. The van der Waals surface area contributed by atoms with Crippen molar-refractivity contribution in [2.75, 3.05) is 16.0 Å². The molecule has 4 nitrogen and oxygen atoms in total. The Balaban J connectivity index is 1.80. The smallest absolute Gasteiger partial charge is 0.238 e. The van der Waals surface area contributed by atoms with Crippen LogP contribution in [0.25, 0.3) is 0 Å². The number of nitrogens with one attached hydrogen (secondary N) is 1. The predicted molar refractivity (Wildman–Crippen MR) is 118 cm³/mol. The fourth-order valence-electron chi connectivity index (χ4n) is 3.02. The van der Waals surface area contributed by atoms with Gasteiger partial charge < -0.3 is 5.32 Å². The molecule has 5 heteroatoms. The van der Waals surface area contributed by atoms with E-state index in [0.717, 1.165) is 16.9 Å². The standard InChI is InChI=1S/C23H28N2O2S/c1-15(2)16-8-12-19(13-9-16)25-20(26)14-28-21(25)17-6-10-18(11-7-17)24-22(27)23(3,4)5/h6-13,15,21H,14H2,1-5H3,(H,24,27). The van der Waals surface area contributed by atoms with Gasteiger partial charge in [-0.1, -0.05) is 58.9 Å². The average Bonchev–Trinajstić information content (AvgIpc) is 3.03. The minimum atomic E-state index is -0.439. The van der Waals surface area contributed by atoms with Gasteiger partial charge in [-0.15, -0.1) is 11.8 Å². The Kier molecular flexibility index (Phi) is 5.84. The molecular weight excluding hydrogens is 368 g/mol. The maximum Gasteiger partial charge on any atom is 0.238 e. The molecule has 1 atom stereocenters. The van der Waals surface area contributed by atoms with E-state index in [-0.39, 0.29) is 17.2 Å². The Morgan fingerprint density at radius 3 is 2.21 bits per heavy atom. The number of benzene rings is 2. The molecular formula is C23H28N2O2S. The van der Waals surface area contributed by atoms with Crippen LogP contribution in [-0.4, -0.2) is 17.6 Å². The van der Waals surface area contributed by atoms with Crippen molar-refractivity contribution in [3.05, 3.63) is 59.7 Å². The molecule has 3 rings (SSSR count). The lowest BCUT2D eigenvalue weighted by Crippen LogP contribution is -2.28. The fraction of sp³-hybridized carbons (Fsp3) is 0.391. The number of carbonyl (C=O) groups is 2. The van der Waals surface area contributed by atoms with Crippen molar-refractivity contribution in [2.24, 2.45) is 5.41 Å². The lowest BCUT2D eigenvalue weighted by molar-refractivity contribution is -0.123. The molecule has 1 unspecified atom stereocenters. The van der Waals surface area contributed by atoms with Crippen LogP contribution >= 0.6 is 11.8 Å². The molecule has 2 amide bonds. The summed E-state index contributed by atoms with van der Waals surface area (Å²) in [4.78, 5) is 26.6. The van der Waals surface area contributed by atoms with Gasteiger partial charge in [0.05, 0.1) is 5.75 Å². The number of hydrogen-bond donors (Lipinski definition) is 1. The maximum absolute atomic E-state index is 12.5. The highest BCUT2D eigenvalue weighted by Crippen LogP contribution is 2.42. The molecule has 1 N–H and O–H groups in total. The molecule has 1 saturated heterocycles. The van der Waals surface area contributed by atoms with Crippen LogP contribution in [0.4, 0.5) is 11.4 Å². The summed E-state index contributed by atoms with van der Waals surface area (Å²) in [6, 6.07) is 16.0. The second kappa shape index (κ2) is 8.00. The zero-order chi connectivity index (χ0) is 20.5. The predicted octanol–water partition coefficient (Wildman–Crippen LogP) is 5.57. The van der Waals surface area contributed by atoms with Crippen molar-refractivity contribution < 1.29 is 9.59 Å². The molecule has 0 spiro atoms. The summed E-state index contributed by atoms with van der Waals surface area (Å²) in [5, 5.41) is 2.89. The molecule has 1 heterocycles. The van der Waals surface area contributed by atoms with E-state index < -0.39 is 5.41 Å². The third-order valence-corrected chi connectivity index (χ3v) is 6.05. The first-order chi connectivity index (χ1) is 13.2. The van der Waals surface area contributed by atoms with Crippen LogP contribution < -0.4 is 10.2 Å². The summed E-state index contributed by atoms with van der Waals surface area (Å²) < 4.78 is 0. The average molecular weight is 397 g/mol. The highest BCUT2D eigenvalue weighted by atomic mass is 32.2.